The van der Waals surface area contributed by atoms with Gasteiger partial charge in [-0.25, -0.2) is 9.97 Å². The Morgan fingerprint density at radius 2 is 2.00 bits per heavy atom. The standard InChI is InChI=1S/C21H20ClN5O2S/c22-14-6-3-5-13(11-14)19-23-16-8-2-1-7-15(16)20(24-19)30-21-26-25-17(29-21)12-27-10-4-9-18(27)28/h3,5-6,11H,1-2,4,7-10,12H2. The average molecular weight is 442 g/mol. The number of hydrogen-bond acceptors (Lipinski definition) is 7. The summed E-state index contributed by atoms with van der Waals surface area (Å²) in [6, 6.07) is 7.57. The summed E-state index contributed by atoms with van der Waals surface area (Å²) in [4.78, 5) is 23.2. The molecule has 2 aromatic heterocycles. The fraction of sp³-hybridized carbons (Fsp3) is 0.381. The number of likely N-dealkylation sites (tertiary alicyclic amines) is 1. The number of aryl methyl sites for hydroxylation is 1. The first kappa shape index (κ1) is 19.5. The van der Waals surface area contributed by atoms with Crippen LogP contribution in [-0.2, 0) is 24.2 Å². The largest absolute Gasteiger partial charge is 0.414 e. The number of carbonyl (C=O) groups excluding carboxylic acids is 1. The van der Waals surface area contributed by atoms with Crippen molar-refractivity contribution in [2.24, 2.45) is 0 Å². The van der Waals surface area contributed by atoms with Gasteiger partial charge in [-0.05, 0) is 56.0 Å². The molecule has 7 nitrogen and oxygen atoms in total. The van der Waals surface area contributed by atoms with Crippen LogP contribution in [0.15, 0.2) is 38.9 Å². The summed E-state index contributed by atoms with van der Waals surface area (Å²) >= 11 is 7.54. The third kappa shape index (κ3) is 4.06. The Morgan fingerprint density at radius 3 is 2.83 bits per heavy atom. The summed E-state index contributed by atoms with van der Waals surface area (Å²) in [5.74, 6) is 1.24. The van der Waals surface area contributed by atoms with Crippen molar-refractivity contribution in [2.45, 2.75) is 55.3 Å². The molecule has 0 N–H and O–H groups in total. The number of fused-ring (bicyclic) bond motifs is 1. The van der Waals surface area contributed by atoms with Crippen molar-refractivity contribution < 1.29 is 9.21 Å². The molecule has 0 unspecified atom stereocenters. The highest BCUT2D eigenvalue weighted by Crippen LogP contribution is 2.35. The van der Waals surface area contributed by atoms with Crippen LogP contribution in [-0.4, -0.2) is 37.5 Å². The number of carbonyl (C=O) groups is 1. The Balaban J connectivity index is 1.43. The molecule has 9 heteroatoms. The predicted molar refractivity (Wildman–Crippen MR) is 112 cm³/mol. The zero-order valence-corrected chi connectivity index (χ0v) is 17.9. The van der Waals surface area contributed by atoms with E-state index >= 15 is 0 Å². The van der Waals surface area contributed by atoms with Crippen LogP contribution < -0.4 is 0 Å². The van der Waals surface area contributed by atoms with E-state index in [1.54, 1.807) is 4.90 Å². The average Bonchev–Trinajstić information content (AvgIpc) is 3.37. The smallest absolute Gasteiger partial charge is 0.283 e. The molecule has 0 radical (unpaired) electrons. The topological polar surface area (TPSA) is 85.0 Å². The second kappa shape index (κ2) is 8.35. The third-order valence-electron chi connectivity index (χ3n) is 5.36. The molecule has 1 saturated heterocycles. The minimum Gasteiger partial charge on any atom is -0.414 e. The number of nitrogens with zero attached hydrogens (tertiary/aromatic N) is 5. The molecule has 0 spiro atoms. The summed E-state index contributed by atoms with van der Waals surface area (Å²) in [6.45, 7) is 1.11. The Morgan fingerprint density at radius 1 is 1.10 bits per heavy atom. The van der Waals surface area contributed by atoms with E-state index in [0.717, 1.165) is 60.5 Å². The normalized spacial score (nSPS) is 16.2. The van der Waals surface area contributed by atoms with Crippen molar-refractivity contribution in [1.29, 1.82) is 0 Å². The molecule has 1 fully saturated rings. The number of rotatable bonds is 5. The molecular weight excluding hydrogens is 422 g/mol. The lowest BCUT2D eigenvalue weighted by Gasteiger charge is -2.18. The van der Waals surface area contributed by atoms with Gasteiger partial charge in [-0.2, -0.15) is 0 Å². The lowest BCUT2D eigenvalue weighted by Crippen LogP contribution is -2.23. The van der Waals surface area contributed by atoms with E-state index in [-0.39, 0.29) is 5.91 Å². The maximum atomic E-state index is 11.8. The van der Waals surface area contributed by atoms with E-state index in [1.807, 2.05) is 24.3 Å². The zero-order valence-electron chi connectivity index (χ0n) is 16.3. The summed E-state index contributed by atoms with van der Waals surface area (Å²) in [5.41, 5.74) is 3.12. The first-order valence-electron chi connectivity index (χ1n) is 10.1. The van der Waals surface area contributed by atoms with Gasteiger partial charge in [0.15, 0.2) is 5.82 Å². The van der Waals surface area contributed by atoms with Crippen molar-refractivity contribution in [3.8, 4) is 11.4 Å². The lowest BCUT2D eigenvalue weighted by molar-refractivity contribution is -0.128. The molecule has 1 aliphatic heterocycles. The molecule has 1 amide bonds. The van der Waals surface area contributed by atoms with Crippen LogP contribution in [0.25, 0.3) is 11.4 Å². The highest BCUT2D eigenvalue weighted by molar-refractivity contribution is 7.99. The van der Waals surface area contributed by atoms with Gasteiger partial charge in [0.05, 0.1) is 6.54 Å². The van der Waals surface area contributed by atoms with Gasteiger partial charge in [0.25, 0.3) is 5.22 Å². The maximum Gasteiger partial charge on any atom is 0.283 e. The fourth-order valence-electron chi connectivity index (χ4n) is 3.86. The minimum atomic E-state index is 0.137. The molecule has 5 rings (SSSR count). The minimum absolute atomic E-state index is 0.137. The highest BCUT2D eigenvalue weighted by Gasteiger charge is 2.24. The van der Waals surface area contributed by atoms with Crippen molar-refractivity contribution in [3.05, 3.63) is 46.4 Å². The van der Waals surface area contributed by atoms with E-state index in [2.05, 4.69) is 10.2 Å². The lowest BCUT2D eigenvalue weighted by atomic mass is 9.97. The quantitative estimate of drug-likeness (QED) is 0.544. The van der Waals surface area contributed by atoms with Gasteiger partial charge in [0.2, 0.25) is 11.8 Å². The van der Waals surface area contributed by atoms with Crippen LogP contribution in [0.1, 0.15) is 42.8 Å². The summed E-state index contributed by atoms with van der Waals surface area (Å²) in [7, 11) is 0. The van der Waals surface area contributed by atoms with Crippen molar-refractivity contribution in [3.63, 3.8) is 0 Å². The Kier molecular flexibility index (Phi) is 5.43. The van der Waals surface area contributed by atoms with Crippen molar-refractivity contribution in [1.82, 2.24) is 25.1 Å². The zero-order chi connectivity index (χ0) is 20.5. The molecule has 2 aliphatic rings. The van der Waals surface area contributed by atoms with Gasteiger partial charge in [0, 0.05) is 34.8 Å². The molecule has 0 bridgehead atoms. The second-order valence-electron chi connectivity index (χ2n) is 7.48. The van der Waals surface area contributed by atoms with Crippen LogP contribution in [0.3, 0.4) is 0 Å². The van der Waals surface area contributed by atoms with Gasteiger partial charge >= 0.3 is 0 Å². The Labute approximate surface area is 183 Å². The number of benzene rings is 1. The van der Waals surface area contributed by atoms with E-state index in [4.69, 9.17) is 26.0 Å². The number of halogens is 1. The van der Waals surface area contributed by atoms with Gasteiger partial charge in [-0.3, -0.25) is 4.79 Å². The SMILES string of the molecule is O=C1CCCN1Cc1nnc(Sc2nc(-c3cccc(Cl)c3)nc3c2CCCC3)o1. The first-order valence-corrected chi connectivity index (χ1v) is 11.3. The van der Waals surface area contributed by atoms with Crippen LogP contribution >= 0.6 is 23.4 Å². The van der Waals surface area contributed by atoms with Crippen LogP contribution in [0.5, 0.6) is 0 Å². The van der Waals surface area contributed by atoms with E-state index < -0.39 is 0 Å². The van der Waals surface area contributed by atoms with E-state index in [1.165, 1.54) is 11.8 Å². The van der Waals surface area contributed by atoms with Crippen LogP contribution in [0.4, 0.5) is 0 Å². The van der Waals surface area contributed by atoms with Gasteiger partial charge in [0.1, 0.15) is 5.03 Å². The van der Waals surface area contributed by atoms with Crippen molar-refractivity contribution >= 4 is 29.3 Å². The first-order chi connectivity index (χ1) is 14.7. The third-order valence-corrected chi connectivity index (χ3v) is 6.46. The van der Waals surface area contributed by atoms with Gasteiger partial charge in [-0.15, -0.1) is 10.2 Å². The maximum absolute atomic E-state index is 11.8. The molecule has 3 heterocycles. The molecule has 3 aromatic rings. The monoisotopic (exact) mass is 441 g/mol. The summed E-state index contributed by atoms with van der Waals surface area (Å²) in [5, 5.41) is 10.2. The molecule has 0 saturated carbocycles. The summed E-state index contributed by atoms with van der Waals surface area (Å²) < 4.78 is 5.82. The fourth-order valence-corrected chi connectivity index (χ4v) is 4.91. The number of aromatic nitrogens is 4. The molecule has 0 atom stereocenters. The highest BCUT2D eigenvalue weighted by atomic mass is 35.5. The van der Waals surface area contributed by atoms with Crippen molar-refractivity contribution in [2.75, 3.05) is 6.54 Å². The number of hydrogen-bond donors (Lipinski definition) is 0. The molecule has 154 valence electrons. The van der Waals surface area contributed by atoms with Crippen LogP contribution in [0, 0.1) is 0 Å². The van der Waals surface area contributed by atoms with E-state index in [9.17, 15) is 4.79 Å². The van der Waals surface area contributed by atoms with Gasteiger partial charge in [-0.1, -0.05) is 23.7 Å². The second-order valence-corrected chi connectivity index (χ2v) is 8.85. The van der Waals surface area contributed by atoms with Crippen LogP contribution in [0.2, 0.25) is 5.02 Å². The van der Waals surface area contributed by atoms with Gasteiger partial charge < -0.3 is 9.32 Å². The Bertz CT molecular complexity index is 1100. The summed E-state index contributed by atoms with van der Waals surface area (Å²) in [6.07, 6.45) is 5.59. The molecular formula is C21H20ClN5O2S. The van der Waals surface area contributed by atoms with E-state index in [0.29, 0.717) is 34.9 Å². The molecule has 30 heavy (non-hydrogen) atoms. The predicted octanol–water partition coefficient (Wildman–Crippen LogP) is 4.33. The Hall–Kier alpha value is -2.45. The molecule has 1 aliphatic carbocycles. The number of amides is 1. The molecule has 1 aromatic carbocycles.